The highest BCUT2D eigenvalue weighted by atomic mass is 16.5. The molecule has 3 aliphatic heterocycles. The maximum absolute atomic E-state index is 6.25. The Labute approximate surface area is 137 Å². The summed E-state index contributed by atoms with van der Waals surface area (Å²) in [6, 6.07) is 5.00. The van der Waals surface area contributed by atoms with E-state index in [0.29, 0.717) is 12.1 Å². The number of nitrogens with one attached hydrogen (secondary N) is 1. The van der Waals surface area contributed by atoms with Crippen LogP contribution >= 0.6 is 0 Å². The third-order valence-electron chi connectivity index (χ3n) is 5.41. The van der Waals surface area contributed by atoms with Crippen molar-refractivity contribution in [3.05, 3.63) is 17.8 Å². The zero-order valence-electron chi connectivity index (χ0n) is 13.8. The molecule has 1 N–H and O–H groups in total. The van der Waals surface area contributed by atoms with Crippen molar-refractivity contribution < 1.29 is 9.47 Å². The number of anilines is 1. The molecule has 3 fully saturated rings. The van der Waals surface area contributed by atoms with Crippen molar-refractivity contribution in [2.75, 3.05) is 38.2 Å². The van der Waals surface area contributed by atoms with E-state index in [1.54, 1.807) is 0 Å². The molecule has 3 aliphatic rings. The maximum Gasteiger partial charge on any atom is 0.148 e. The number of ether oxygens (including phenoxy) is 2. The highest BCUT2D eigenvalue weighted by molar-refractivity contribution is 5.34. The molecule has 126 valence electrons. The Morgan fingerprint density at radius 2 is 2.13 bits per heavy atom. The molecule has 3 saturated heterocycles. The van der Waals surface area contributed by atoms with Crippen LogP contribution in [0.1, 0.15) is 31.4 Å². The molecular weight excluding hydrogens is 292 g/mol. The fourth-order valence-electron chi connectivity index (χ4n) is 4.14. The highest BCUT2D eigenvalue weighted by Gasteiger charge is 2.47. The van der Waals surface area contributed by atoms with Crippen LogP contribution in [0.2, 0.25) is 0 Å². The molecule has 6 heteroatoms. The number of likely N-dealkylation sites (tertiary alicyclic amines) is 1. The van der Waals surface area contributed by atoms with Gasteiger partial charge in [0, 0.05) is 38.8 Å². The second-order valence-corrected chi connectivity index (χ2v) is 7.16. The number of aryl methyl sites for hydroxylation is 1. The molecule has 4 heterocycles. The van der Waals surface area contributed by atoms with Crippen LogP contribution in [-0.2, 0) is 9.47 Å². The van der Waals surface area contributed by atoms with Crippen LogP contribution in [0.5, 0.6) is 0 Å². The average Bonchev–Trinajstić information content (AvgIpc) is 3.18. The standard InChI is InChI=1S/C17H26N4O2/c1-13-2-3-16(20-19-13)18-14-10-17(23-11-14)6-7-21(12-17)15-4-8-22-9-5-15/h2-3,14-15H,4-12H2,1H3,(H,18,20)/t14-,17-/m0/s1. The summed E-state index contributed by atoms with van der Waals surface area (Å²) in [4.78, 5) is 2.62. The van der Waals surface area contributed by atoms with Crippen LogP contribution < -0.4 is 5.32 Å². The summed E-state index contributed by atoms with van der Waals surface area (Å²) in [5.74, 6) is 0.848. The van der Waals surface area contributed by atoms with Gasteiger partial charge in [-0.2, -0.15) is 5.10 Å². The average molecular weight is 318 g/mol. The number of aromatic nitrogens is 2. The lowest BCUT2D eigenvalue weighted by Crippen LogP contribution is -2.41. The van der Waals surface area contributed by atoms with Gasteiger partial charge in [-0.15, -0.1) is 5.10 Å². The minimum atomic E-state index is 0.0358. The summed E-state index contributed by atoms with van der Waals surface area (Å²) in [5, 5.41) is 11.8. The van der Waals surface area contributed by atoms with Crippen molar-refractivity contribution >= 4 is 5.82 Å². The Balaban J connectivity index is 1.33. The lowest BCUT2D eigenvalue weighted by atomic mass is 9.97. The lowest BCUT2D eigenvalue weighted by molar-refractivity contribution is -0.00314. The van der Waals surface area contributed by atoms with Crippen molar-refractivity contribution in [3.8, 4) is 0 Å². The third-order valence-corrected chi connectivity index (χ3v) is 5.41. The van der Waals surface area contributed by atoms with Gasteiger partial charge >= 0.3 is 0 Å². The first kappa shape index (κ1) is 15.3. The van der Waals surface area contributed by atoms with Gasteiger partial charge in [-0.25, -0.2) is 0 Å². The molecule has 6 nitrogen and oxygen atoms in total. The molecule has 0 aromatic carbocycles. The predicted octanol–water partition coefficient (Wildman–Crippen LogP) is 1.61. The summed E-state index contributed by atoms with van der Waals surface area (Å²) >= 11 is 0. The second-order valence-electron chi connectivity index (χ2n) is 7.16. The van der Waals surface area contributed by atoms with E-state index in [9.17, 15) is 0 Å². The molecule has 0 bridgehead atoms. The van der Waals surface area contributed by atoms with Gasteiger partial charge in [-0.05, 0) is 38.3 Å². The van der Waals surface area contributed by atoms with Crippen molar-refractivity contribution in [2.24, 2.45) is 0 Å². The molecule has 4 rings (SSSR count). The van der Waals surface area contributed by atoms with Crippen molar-refractivity contribution in [3.63, 3.8) is 0 Å². The Bertz CT molecular complexity index is 532. The van der Waals surface area contributed by atoms with E-state index >= 15 is 0 Å². The van der Waals surface area contributed by atoms with Gasteiger partial charge in [0.05, 0.1) is 23.9 Å². The first-order valence-corrected chi connectivity index (χ1v) is 8.75. The molecule has 2 atom stereocenters. The Morgan fingerprint density at radius 1 is 1.26 bits per heavy atom. The fraction of sp³-hybridized carbons (Fsp3) is 0.765. The zero-order chi connectivity index (χ0) is 15.7. The largest absolute Gasteiger partial charge is 0.381 e. The van der Waals surface area contributed by atoms with Crippen LogP contribution in [0.15, 0.2) is 12.1 Å². The van der Waals surface area contributed by atoms with E-state index in [1.807, 2.05) is 19.1 Å². The molecule has 0 saturated carbocycles. The number of hydrogen-bond acceptors (Lipinski definition) is 6. The first-order chi connectivity index (χ1) is 11.2. The maximum atomic E-state index is 6.25. The monoisotopic (exact) mass is 318 g/mol. The van der Waals surface area contributed by atoms with Gasteiger partial charge in [-0.3, -0.25) is 4.90 Å². The van der Waals surface area contributed by atoms with E-state index in [1.165, 1.54) is 0 Å². The van der Waals surface area contributed by atoms with Crippen molar-refractivity contribution in [1.82, 2.24) is 15.1 Å². The first-order valence-electron chi connectivity index (χ1n) is 8.75. The minimum Gasteiger partial charge on any atom is -0.381 e. The number of rotatable bonds is 3. The number of nitrogens with zero attached hydrogens (tertiary/aromatic N) is 3. The zero-order valence-corrected chi connectivity index (χ0v) is 13.8. The molecular formula is C17H26N4O2. The highest BCUT2D eigenvalue weighted by Crippen LogP contribution is 2.37. The summed E-state index contributed by atoms with van der Waals surface area (Å²) in [6.45, 7) is 6.75. The predicted molar refractivity (Wildman–Crippen MR) is 87.5 cm³/mol. The normalized spacial score (nSPS) is 32.7. The molecule has 1 aromatic heterocycles. The van der Waals surface area contributed by atoms with Crippen molar-refractivity contribution in [1.29, 1.82) is 0 Å². The van der Waals surface area contributed by atoms with E-state index in [2.05, 4.69) is 20.4 Å². The van der Waals surface area contributed by atoms with E-state index < -0.39 is 0 Å². The third kappa shape index (κ3) is 3.34. The molecule has 0 amide bonds. The van der Waals surface area contributed by atoms with Crippen LogP contribution in [0.25, 0.3) is 0 Å². The Morgan fingerprint density at radius 3 is 2.91 bits per heavy atom. The topological polar surface area (TPSA) is 59.5 Å². The Hall–Kier alpha value is -1.24. The lowest BCUT2D eigenvalue weighted by Gasteiger charge is -2.32. The summed E-state index contributed by atoms with van der Waals surface area (Å²) in [5.41, 5.74) is 0.978. The molecule has 0 aliphatic carbocycles. The molecule has 1 spiro atoms. The van der Waals surface area contributed by atoms with Gasteiger partial charge in [0.1, 0.15) is 5.82 Å². The van der Waals surface area contributed by atoms with Crippen LogP contribution in [-0.4, -0.2) is 65.7 Å². The van der Waals surface area contributed by atoms with E-state index in [-0.39, 0.29) is 5.60 Å². The summed E-state index contributed by atoms with van der Waals surface area (Å²) in [6.07, 6.45) is 4.53. The van der Waals surface area contributed by atoms with Gasteiger partial charge in [-0.1, -0.05) is 0 Å². The quantitative estimate of drug-likeness (QED) is 0.914. The Kier molecular flexibility index (Phi) is 4.22. The summed E-state index contributed by atoms with van der Waals surface area (Å²) in [7, 11) is 0. The van der Waals surface area contributed by atoms with Gasteiger partial charge in [0.25, 0.3) is 0 Å². The van der Waals surface area contributed by atoms with E-state index in [0.717, 1.165) is 70.1 Å². The van der Waals surface area contributed by atoms with Crippen molar-refractivity contribution in [2.45, 2.75) is 50.3 Å². The van der Waals surface area contributed by atoms with Gasteiger partial charge < -0.3 is 14.8 Å². The summed E-state index contributed by atoms with van der Waals surface area (Å²) < 4.78 is 11.7. The van der Waals surface area contributed by atoms with Crippen LogP contribution in [0.4, 0.5) is 5.82 Å². The molecule has 0 unspecified atom stereocenters. The molecule has 1 aromatic rings. The second kappa shape index (κ2) is 6.34. The minimum absolute atomic E-state index is 0.0358. The smallest absolute Gasteiger partial charge is 0.148 e. The molecule has 23 heavy (non-hydrogen) atoms. The van der Waals surface area contributed by atoms with Gasteiger partial charge in [0.15, 0.2) is 0 Å². The molecule has 0 radical (unpaired) electrons. The van der Waals surface area contributed by atoms with E-state index in [4.69, 9.17) is 9.47 Å². The number of hydrogen-bond donors (Lipinski definition) is 1. The van der Waals surface area contributed by atoms with Gasteiger partial charge in [0.2, 0.25) is 0 Å². The van der Waals surface area contributed by atoms with Crippen LogP contribution in [0, 0.1) is 6.92 Å². The SMILES string of the molecule is Cc1ccc(N[C@@H]2CO[C@@]3(CCN(C4CCOCC4)C3)C2)nn1. The fourth-order valence-corrected chi connectivity index (χ4v) is 4.14. The van der Waals surface area contributed by atoms with Crippen LogP contribution in [0.3, 0.4) is 0 Å².